The maximum Gasteiger partial charge on any atom is 0.220 e. The maximum absolute atomic E-state index is 11.8. The number of aromatic nitrogens is 2. The van der Waals surface area contributed by atoms with Crippen LogP contribution in [0.25, 0.3) is 5.65 Å². The molecule has 108 valence electrons. The van der Waals surface area contributed by atoms with Crippen molar-refractivity contribution in [3.63, 3.8) is 0 Å². The van der Waals surface area contributed by atoms with Gasteiger partial charge in [-0.1, -0.05) is 0 Å². The number of amides is 1. The average Bonchev–Trinajstić information content (AvgIpc) is 3.11. The maximum atomic E-state index is 11.8. The van der Waals surface area contributed by atoms with Gasteiger partial charge < -0.3 is 9.72 Å². The number of nitrogens with one attached hydrogen (secondary N) is 1. The highest BCUT2D eigenvalue weighted by Crippen LogP contribution is 2.12. The van der Waals surface area contributed by atoms with Crippen LogP contribution in [0.5, 0.6) is 0 Å². The summed E-state index contributed by atoms with van der Waals surface area (Å²) < 4.78 is 2.94. The second-order valence-corrected chi connectivity index (χ2v) is 6.45. The van der Waals surface area contributed by atoms with Crippen molar-refractivity contribution in [3.05, 3.63) is 57.1 Å². The lowest BCUT2D eigenvalue weighted by Gasteiger charge is -2.02. The van der Waals surface area contributed by atoms with Gasteiger partial charge in [-0.25, -0.2) is 4.98 Å². The summed E-state index contributed by atoms with van der Waals surface area (Å²) in [5.41, 5.74) is 2.95. The molecule has 0 atom stereocenters. The third kappa shape index (κ3) is 3.71. The Hall–Kier alpha value is -1.66. The molecule has 3 aromatic rings. The highest BCUT2D eigenvalue weighted by Gasteiger charge is 2.05. The molecular formula is C15H14BrN3OS. The number of thiophene rings is 1. The lowest BCUT2D eigenvalue weighted by molar-refractivity contribution is -0.121. The van der Waals surface area contributed by atoms with Crippen LogP contribution in [-0.4, -0.2) is 15.3 Å². The van der Waals surface area contributed by atoms with Crippen molar-refractivity contribution >= 4 is 38.8 Å². The first-order valence-corrected chi connectivity index (χ1v) is 8.35. The van der Waals surface area contributed by atoms with E-state index in [4.69, 9.17) is 0 Å². The molecule has 1 amide bonds. The number of carbonyl (C=O) groups excluding carboxylic acids is 1. The van der Waals surface area contributed by atoms with Gasteiger partial charge in [-0.05, 0) is 56.9 Å². The van der Waals surface area contributed by atoms with Gasteiger partial charge in [0.15, 0.2) is 0 Å². The van der Waals surface area contributed by atoms with Crippen LogP contribution in [0.3, 0.4) is 0 Å². The summed E-state index contributed by atoms with van der Waals surface area (Å²) in [6.07, 6.45) is 5.17. The number of aryl methyl sites for hydroxylation is 1. The summed E-state index contributed by atoms with van der Waals surface area (Å²) in [6.45, 7) is 0.460. The van der Waals surface area contributed by atoms with Crippen LogP contribution < -0.4 is 5.32 Å². The second kappa shape index (κ2) is 6.41. The Kier molecular flexibility index (Phi) is 4.36. The van der Waals surface area contributed by atoms with Crippen LogP contribution in [-0.2, 0) is 17.8 Å². The minimum absolute atomic E-state index is 0.0550. The van der Waals surface area contributed by atoms with E-state index in [0.29, 0.717) is 13.0 Å². The second-order valence-electron chi connectivity index (χ2n) is 4.75. The number of nitrogens with zero attached hydrogens (tertiary/aromatic N) is 2. The smallest absolute Gasteiger partial charge is 0.220 e. The van der Waals surface area contributed by atoms with Crippen molar-refractivity contribution in [1.29, 1.82) is 0 Å². The van der Waals surface area contributed by atoms with E-state index in [1.807, 2.05) is 34.3 Å². The van der Waals surface area contributed by atoms with Crippen LogP contribution in [0.2, 0.25) is 0 Å². The molecule has 0 radical (unpaired) electrons. The van der Waals surface area contributed by atoms with Crippen LogP contribution in [0.1, 0.15) is 17.7 Å². The highest BCUT2D eigenvalue weighted by molar-refractivity contribution is 9.10. The molecule has 0 spiro atoms. The van der Waals surface area contributed by atoms with Gasteiger partial charge in [-0.15, -0.1) is 0 Å². The topological polar surface area (TPSA) is 46.4 Å². The molecule has 3 aromatic heterocycles. The third-order valence-corrected chi connectivity index (χ3v) is 4.35. The lowest BCUT2D eigenvalue weighted by atomic mass is 10.2. The molecule has 0 unspecified atom stereocenters. The van der Waals surface area contributed by atoms with E-state index in [1.54, 1.807) is 11.3 Å². The minimum Gasteiger partial charge on any atom is -0.350 e. The van der Waals surface area contributed by atoms with Crippen molar-refractivity contribution in [1.82, 2.24) is 14.7 Å². The zero-order valence-corrected chi connectivity index (χ0v) is 13.7. The Morgan fingerprint density at radius 1 is 1.33 bits per heavy atom. The molecule has 0 bridgehead atoms. The lowest BCUT2D eigenvalue weighted by Crippen LogP contribution is -2.23. The number of pyridine rings is 1. The molecule has 0 saturated carbocycles. The molecule has 0 aliphatic carbocycles. The fourth-order valence-corrected chi connectivity index (χ4v) is 3.13. The molecule has 0 aliphatic heterocycles. The van der Waals surface area contributed by atoms with Crippen molar-refractivity contribution < 1.29 is 4.79 Å². The summed E-state index contributed by atoms with van der Waals surface area (Å²) in [4.78, 5) is 16.3. The zero-order valence-electron chi connectivity index (χ0n) is 11.3. The minimum atomic E-state index is 0.0550. The molecule has 0 fully saturated rings. The predicted octanol–water partition coefficient (Wildman–Crippen LogP) is 3.41. The molecular weight excluding hydrogens is 350 g/mol. The summed E-state index contributed by atoms with van der Waals surface area (Å²) >= 11 is 5.08. The first-order valence-electron chi connectivity index (χ1n) is 6.61. The van der Waals surface area contributed by atoms with E-state index in [0.717, 1.165) is 22.2 Å². The van der Waals surface area contributed by atoms with Gasteiger partial charge in [0.1, 0.15) is 5.65 Å². The molecule has 1 N–H and O–H groups in total. The van der Waals surface area contributed by atoms with Crippen molar-refractivity contribution in [2.24, 2.45) is 0 Å². The van der Waals surface area contributed by atoms with Crippen LogP contribution in [0.15, 0.2) is 45.8 Å². The van der Waals surface area contributed by atoms with Crippen molar-refractivity contribution in [3.8, 4) is 0 Å². The summed E-state index contributed by atoms with van der Waals surface area (Å²) in [5.74, 6) is 0.0550. The molecule has 0 aliphatic rings. The van der Waals surface area contributed by atoms with E-state index in [-0.39, 0.29) is 5.91 Å². The first kappa shape index (κ1) is 14.3. The van der Waals surface area contributed by atoms with Gasteiger partial charge in [0, 0.05) is 23.3 Å². The van der Waals surface area contributed by atoms with Crippen molar-refractivity contribution in [2.75, 3.05) is 0 Å². The van der Waals surface area contributed by atoms with Gasteiger partial charge >= 0.3 is 0 Å². The monoisotopic (exact) mass is 363 g/mol. The zero-order chi connectivity index (χ0) is 14.7. The quantitative estimate of drug-likeness (QED) is 0.754. The predicted molar refractivity (Wildman–Crippen MR) is 87.4 cm³/mol. The molecule has 0 aromatic carbocycles. The number of fused-ring (bicyclic) bond motifs is 1. The fourth-order valence-electron chi connectivity index (χ4n) is 2.07. The van der Waals surface area contributed by atoms with Crippen LogP contribution >= 0.6 is 27.3 Å². The van der Waals surface area contributed by atoms with E-state index >= 15 is 0 Å². The van der Waals surface area contributed by atoms with Gasteiger partial charge in [0.25, 0.3) is 0 Å². The fraction of sp³-hybridized carbons (Fsp3) is 0.200. The summed E-state index contributed by atoms with van der Waals surface area (Å²) in [5, 5.41) is 7.02. The normalized spacial score (nSPS) is 10.9. The number of hydrogen-bond acceptors (Lipinski definition) is 3. The molecule has 3 rings (SSSR count). The van der Waals surface area contributed by atoms with Gasteiger partial charge in [0.2, 0.25) is 5.91 Å². The Morgan fingerprint density at radius 2 is 2.24 bits per heavy atom. The average molecular weight is 364 g/mol. The van der Waals surface area contributed by atoms with E-state index in [2.05, 4.69) is 37.7 Å². The van der Waals surface area contributed by atoms with Gasteiger partial charge in [-0.2, -0.15) is 11.3 Å². The van der Waals surface area contributed by atoms with Crippen LogP contribution in [0.4, 0.5) is 0 Å². The molecule has 3 heterocycles. The van der Waals surface area contributed by atoms with Gasteiger partial charge in [0.05, 0.1) is 12.2 Å². The summed E-state index contributed by atoms with van der Waals surface area (Å²) in [7, 11) is 0. The molecule has 21 heavy (non-hydrogen) atoms. The number of hydrogen-bond donors (Lipinski definition) is 1. The van der Waals surface area contributed by atoms with E-state index < -0.39 is 0 Å². The van der Waals surface area contributed by atoms with E-state index in [9.17, 15) is 4.79 Å². The molecule has 6 heteroatoms. The van der Waals surface area contributed by atoms with Crippen molar-refractivity contribution in [2.45, 2.75) is 19.4 Å². The standard InChI is InChI=1S/C15H14BrN3OS/c16-12-2-3-14-18-13(9-19(14)8-12)7-17-15(20)4-1-11-5-6-21-10-11/h2-3,5-6,8-10H,1,4,7H2,(H,17,20). The SMILES string of the molecule is O=C(CCc1ccsc1)NCc1cn2cc(Br)ccc2n1. The number of carbonyl (C=O) groups is 1. The Labute approximate surface area is 135 Å². The number of rotatable bonds is 5. The Morgan fingerprint density at radius 3 is 3.05 bits per heavy atom. The summed E-state index contributed by atoms with van der Waals surface area (Å²) in [6, 6.07) is 5.94. The van der Waals surface area contributed by atoms with Gasteiger partial charge in [-0.3, -0.25) is 4.79 Å². The van der Waals surface area contributed by atoms with E-state index in [1.165, 1.54) is 5.56 Å². The highest BCUT2D eigenvalue weighted by atomic mass is 79.9. The Balaban J connectivity index is 1.54. The third-order valence-electron chi connectivity index (χ3n) is 3.15. The largest absolute Gasteiger partial charge is 0.350 e. The number of imidazole rings is 1. The Bertz CT molecular complexity index is 751. The first-order chi connectivity index (χ1) is 10.2. The van der Waals surface area contributed by atoms with Crippen LogP contribution in [0, 0.1) is 0 Å². The number of halogens is 1. The molecule has 4 nitrogen and oxygen atoms in total. The molecule has 0 saturated heterocycles.